The number of methoxy groups -OCH3 is 1. The Morgan fingerprint density at radius 2 is 2.24 bits per heavy atom. The van der Waals surface area contributed by atoms with Crippen LogP contribution in [0.25, 0.3) is 11.0 Å². The molecule has 0 bridgehead atoms. The van der Waals surface area contributed by atoms with Gasteiger partial charge < -0.3 is 9.30 Å². The first-order valence-corrected chi connectivity index (χ1v) is 8.34. The molecule has 1 aromatic carbocycles. The van der Waals surface area contributed by atoms with Crippen molar-refractivity contribution in [3.05, 3.63) is 46.4 Å². The third kappa shape index (κ3) is 2.54. The van der Waals surface area contributed by atoms with Gasteiger partial charge in [0.05, 0.1) is 30.1 Å². The van der Waals surface area contributed by atoms with Crippen LogP contribution in [-0.4, -0.2) is 16.7 Å². The van der Waals surface area contributed by atoms with E-state index in [4.69, 9.17) is 16.3 Å². The summed E-state index contributed by atoms with van der Waals surface area (Å²) < 4.78 is 7.60. The van der Waals surface area contributed by atoms with E-state index >= 15 is 0 Å². The Hall–Kier alpha value is -1.52. The predicted octanol–water partition coefficient (Wildman–Crippen LogP) is 4.84. The van der Waals surface area contributed by atoms with Gasteiger partial charge in [0, 0.05) is 10.9 Å². The SMILES string of the molecule is CCC(c1cccs1)n1c(CCl)nc2ccc(OC)cc21. The van der Waals surface area contributed by atoms with Crippen molar-refractivity contribution in [1.29, 1.82) is 0 Å². The van der Waals surface area contributed by atoms with Gasteiger partial charge in [-0.3, -0.25) is 0 Å². The minimum absolute atomic E-state index is 0.260. The van der Waals surface area contributed by atoms with E-state index in [1.807, 2.05) is 18.2 Å². The number of fused-ring (bicyclic) bond motifs is 1. The van der Waals surface area contributed by atoms with E-state index in [9.17, 15) is 0 Å². The van der Waals surface area contributed by atoms with Crippen molar-refractivity contribution >= 4 is 34.0 Å². The lowest BCUT2D eigenvalue weighted by atomic mass is 10.1. The van der Waals surface area contributed by atoms with Crippen LogP contribution in [0.5, 0.6) is 5.75 Å². The van der Waals surface area contributed by atoms with E-state index < -0.39 is 0 Å². The fourth-order valence-corrected chi connectivity index (χ4v) is 3.77. The standard InChI is InChI=1S/C16H17ClN2OS/c1-3-13(15-5-4-8-21-15)19-14-9-11(20-2)6-7-12(14)18-16(19)10-17/h4-9,13H,3,10H2,1-2H3. The first-order valence-electron chi connectivity index (χ1n) is 6.92. The normalized spacial score (nSPS) is 12.7. The fraction of sp³-hybridized carbons (Fsp3) is 0.312. The summed E-state index contributed by atoms with van der Waals surface area (Å²) in [7, 11) is 1.68. The maximum atomic E-state index is 6.13. The molecule has 0 saturated heterocycles. The zero-order valence-corrected chi connectivity index (χ0v) is 13.6. The number of rotatable bonds is 5. The number of hydrogen-bond donors (Lipinski definition) is 0. The Morgan fingerprint density at radius 3 is 2.86 bits per heavy atom. The van der Waals surface area contributed by atoms with Crippen LogP contribution >= 0.6 is 22.9 Å². The van der Waals surface area contributed by atoms with E-state index in [1.165, 1.54) is 4.88 Å². The molecule has 110 valence electrons. The summed E-state index contributed by atoms with van der Waals surface area (Å²) in [4.78, 5) is 5.99. The van der Waals surface area contributed by atoms with Gasteiger partial charge in [0.1, 0.15) is 11.6 Å². The minimum atomic E-state index is 0.260. The molecule has 2 aromatic heterocycles. The molecule has 0 amide bonds. The number of hydrogen-bond acceptors (Lipinski definition) is 3. The van der Waals surface area contributed by atoms with Gasteiger partial charge >= 0.3 is 0 Å². The monoisotopic (exact) mass is 320 g/mol. The summed E-state index contributed by atoms with van der Waals surface area (Å²) in [6.45, 7) is 2.19. The van der Waals surface area contributed by atoms with Crippen molar-refractivity contribution in [2.45, 2.75) is 25.3 Å². The highest BCUT2D eigenvalue weighted by atomic mass is 35.5. The molecule has 3 rings (SSSR count). The molecule has 5 heteroatoms. The molecule has 3 aromatic rings. The van der Waals surface area contributed by atoms with Crippen molar-refractivity contribution in [3.8, 4) is 5.75 Å². The number of ether oxygens (including phenoxy) is 1. The lowest BCUT2D eigenvalue weighted by Gasteiger charge is -2.19. The van der Waals surface area contributed by atoms with Crippen molar-refractivity contribution in [2.24, 2.45) is 0 Å². The number of benzene rings is 1. The lowest BCUT2D eigenvalue weighted by molar-refractivity contribution is 0.415. The van der Waals surface area contributed by atoms with Gasteiger partial charge in [-0.1, -0.05) is 13.0 Å². The zero-order chi connectivity index (χ0) is 14.8. The molecule has 0 spiro atoms. The highest BCUT2D eigenvalue weighted by molar-refractivity contribution is 7.10. The molecule has 3 nitrogen and oxygen atoms in total. The zero-order valence-electron chi connectivity index (χ0n) is 12.0. The second-order valence-corrected chi connectivity index (χ2v) is 6.07. The van der Waals surface area contributed by atoms with Gasteiger partial charge in [0.15, 0.2) is 0 Å². The maximum absolute atomic E-state index is 6.13. The fourth-order valence-electron chi connectivity index (χ4n) is 2.68. The molecular formula is C16H17ClN2OS. The first-order chi connectivity index (χ1) is 10.3. The van der Waals surface area contributed by atoms with E-state index in [0.717, 1.165) is 29.0 Å². The van der Waals surface area contributed by atoms with Crippen LogP contribution in [-0.2, 0) is 5.88 Å². The summed E-state index contributed by atoms with van der Waals surface area (Å²) >= 11 is 7.90. The van der Waals surface area contributed by atoms with Crippen LogP contribution in [0.2, 0.25) is 0 Å². The Morgan fingerprint density at radius 1 is 1.38 bits per heavy atom. The average molecular weight is 321 g/mol. The quantitative estimate of drug-likeness (QED) is 0.629. The topological polar surface area (TPSA) is 27.1 Å². The number of alkyl halides is 1. The summed E-state index contributed by atoms with van der Waals surface area (Å²) in [5, 5.41) is 2.11. The van der Waals surface area contributed by atoms with E-state index in [2.05, 4.69) is 34.0 Å². The van der Waals surface area contributed by atoms with Crippen molar-refractivity contribution < 1.29 is 4.74 Å². The van der Waals surface area contributed by atoms with Crippen LogP contribution in [0.1, 0.15) is 30.1 Å². The van der Waals surface area contributed by atoms with Crippen LogP contribution in [0, 0.1) is 0 Å². The maximum Gasteiger partial charge on any atom is 0.125 e. The van der Waals surface area contributed by atoms with Crippen LogP contribution in [0.3, 0.4) is 0 Å². The molecule has 0 saturated carbocycles. The highest BCUT2D eigenvalue weighted by Gasteiger charge is 2.20. The van der Waals surface area contributed by atoms with Crippen molar-refractivity contribution in [1.82, 2.24) is 9.55 Å². The average Bonchev–Trinajstić information content (AvgIpc) is 3.16. The summed E-state index contributed by atoms with van der Waals surface area (Å²) in [5.74, 6) is 2.14. The number of thiophene rings is 1. The summed E-state index contributed by atoms with van der Waals surface area (Å²) in [5.41, 5.74) is 2.03. The van der Waals surface area contributed by atoms with Crippen molar-refractivity contribution in [2.75, 3.05) is 7.11 Å². The molecule has 0 aliphatic rings. The van der Waals surface area contributed by atoms with E-state index in [1.54, 1.807) is 18.4 Å². The highest BCUT2D eigenvalue weighted by Crippen LogP contribution is 2.33. The van der Waals surface area contributed by atoms with Gasteiger partial charge in [-0.2, -0.15) is 0 Å². The molecule has 1 unspecified atom stereocenters. The summed E-state index contributed by atoms with van der Waals surface area (Å²) in [6, 6.07) is 10.5. The third-order valence-corrected chi connectivity index (χ3v) is 4.87. The largest absolute Gasteiger partial charge is 0.497 e. The Bertz CT molecular complexity index is 736. The van der Waals surface area contributed by atoms with E-state index in [-0.39, 0.29) is 6.04 Å². The van der Waals surface area contributed by atoms with E-state index in [0.29, 0.717) is 5.88 Å². The van der Waals surface area contributed by atoms with Crippen LogP contribution in [0.15, 0.2) is 35.7 Å². The second kappa shape index (κ2) is 6.08. The number of halogens is 1. The van der Waals surface area contributed by atoms with Crippen molar-refractivity contribution in [3.63, 3.8) is 0 Å². The molecule has 0 N–H and O–H groups in total. The van der Waals surface area contributed by atoms with Gasteiger partial charge in [0.25, 0.3) is 0 Å². The lowest BCUT2D eigenvalue weighted by Crippen LogP contribution is -2.11. The molecule has 0 radical (unpaired) electrons. The molecule has 1 atom stereocenters. The molecule has 0 aliphatic carbocycles. The second-order valence-electron chi connectivity index (χ2n) is 4.83. The Kier molecular flexibility index (Phi) is 4.17. The predicted molar refractivity (Wildman–Crippen MR) is 88.6 cm³/mol. The number of imidazole rings is 1. The summed E-state index contributed by atoms with van der Waals surface area (Å²) in [6.07, 6.45) is 0.993. The first kappa shape index (κ1) is 14.4. The Labute approximate surface area is 133 Å². The number of nitrogens with zero attached hydrogens (tertiary/aromatic N) is 2. The van der Waals surface area contributed by atoms with Gasteiger partial charge in [0.2, 0.25) is 0 Å². The molecular weight excluding hydrogens is 304 g/mol. The smallest absolute Gasteiger partial charge is 0.125 e. The number of aromatic nitrogens is 2. The van der Waals surface area contributed by atoms with Gasteiger partial charge in [-0.15, -0.1) is 22.9 Å². The molecule has 0 aliphatic heterocycles. The van der Waals surface area contributed by atoms with Crippen LogP contribution < -0.4 is 4.74 Å². The third-order valence-electron chi connectivity index (χ3n) is 3.66. The Balaban J connectivity index is 2.23. The molecule has 21 heavy (non-hydrogen) atoms. The van der Waals surface area contributed by atoms with Gasteiger partial charge in [-0.25, -0.2) is 4.98 Å². The molecule has 0 fully saturated rings. The van der Waals surface area contributed by atoms with Gasteiger partial charge in [-0.05, 0) is 30.0 Å². The minimum Gasteiger partial charge on any atom is -0.497 e. The molecule has 2 heterocycles. The van der Waals surface area contributed by atoms with Crippen LogP contribution in [0.4, 0.5) is 0 Å².